The zero-order valence-electron chi connectivity index (χ0n) is 18.1. The van der Waals surface area contributed by atoms with Crippen LogP contribution in [0.5, 0.6) is 0 Å². The lowest BCUT2D eigenvalue weighted by Gasteiger charge is -2.27. The molecular weight excluding hydrogens is 457 g/mol. The van der Waals surface area contributed by atoms with Gasteiger partial charge in [-0.1, -0.05) is 43.4 Å². The molecule has 168 valence electrons. The summed E-state index contributed by atoms with van der Waals surface area (Å²) < 4.78 is 10.9. The van der Waals surface area contributed by atoms with Gasteiger partial charge in [-0.25, -0.2) is 9.97 Å². The van der Waals surface area contributed by atoms with E-state index >= 15 is 0 Å². The van der Waals surface area contributed by atoms with Crippen LogP contribution in [0, 0.1) is 0 Å². The van der Waals surface area contributed by atoms with Gasteiger partial charge in [0.1, 0.15) is 0 Å². The van der Waals surface area contributed by atoms with E-state index < -0.39 is 14.4 Å². The molecule has 2 aromatic rings. The second kappa shape index (κ2) is 9.93. The van der Waals surface area contributed by atoms with Crippen LogP contribution in [0.2, 0.25) is 36.0 Å². The fourth-order valence-electron chi connectivity index (χ4n) is 3.40. The number of halogens is 2. The maximum Gasteiger partial charge on any atom is 0.255 e. The second-order valence-corrected chi connectivity index (χ2v) is 15.1. The maximum absolute atomic E-state index is 13.2. The molecule has 0 fully saturated rings. The fourth-order valence-corrected chi connectivity index (χ4v) is 4.49. The highest BCUT2D eigenvalue weighted by Crippen LogP contribution is 2.37. The molecule has 0 spiro atoms. The van der Waals surface area contributed by atoms with E-state index in [9.17, 15) is 9.90 Å². The zero-order chi connectivity index (χ0) is 22.8. The van der Waals surface area contributed by atoms with Crippen LogP contribution in [0.3, 0.4) is 0 Å². The number of aliphatic hydroxyl groups excluding tert-OH is 1. The minimum atomic E-state index is -1.22. The van der Waals surface area contributed by atoms with Gasteiger partial charge in [0.2, 0.25) is 5.28 Å². The molecule has 0 radical (unpaired) electrons. The minimum absolute atomic E-state index is 0.0431. The van der Waals surface area contributed by atoms with Crippen molar-refractivity contribution < 1.29 is 19.4 Å². The van der Waals surface area contributed by atoms with E-state index in [1.807, 2.05) is 12.1 Å². The van der Waals surface area contributed by atoms with Gasteiger partial charge in [-0.2, -0.15) is 0 Å². The summed E-state index contributed by atoms with van der Waals surface area (Å²) in [5.74, 6) is -0.206. The van der Waals surface area contributed by atoms with E-state index in [2.05, 4.69) is 29.6 Å². The third-order valence-electron chi connectivity index (χ3n) is 5.17. The fraction of sp³-hybridized carbons (Fsp3) is 0.476. The Morgan fingerprint density at radius 2 is 2.03 bits per heavy atom. The first kappa shape index (κ1) is 24.1. The van der Waals surface area contributed by atoms with Gasteiger partial charge in [-0.15, -0.1) is 0 Å². The monoisotopic (exact) mass is 483 g/mol. The number of amides is 1. The maximum atomic E-state index is 13.2. The lowest BCUT2D eigenvalue weighted by molar-refractivity contribution is -0.0924. The first-order valence-electron chi connectivity index (χ1n) is 10.0. The number of aromatic nitrogens is 2. The van der Waals surface area contributed by atoms with Crippen molar-refractivity contribution in [1.82, 2.24) is 14.9 Å². The van der Waals surface area contributed by atoms with Crippen molar-refractivity contribution in [2.45, 2.75) is 38.0 Å². The van der Waals surface area contributed by atoms with Gasteiger partial charge >= 0.3 is 0 Å². The number of fused-ring (bicyclic) bond motifs is 1. The van der Waals surface area contributed by atoms with Gasteiger partial charge in [0.25, 0.3) is 5.91 Å². The smallest absolute Gasteiger partial charge is 0.255 e. The quantitative estimate of drug-likeness (QED) is 0.248. The second-order valence-electron chi connectivity index (χ2n) is 8.69. The predicted octanol–water partition coefficient (Wildman–Crippen LogP) is 4.27. The molecule has 1 amide bonds. The number of hydrogen-bond donors (Lipinski definition) is 1. The highest BCUT2D eigenvalue weighted by Gasteiger charge is 2.38. The van der Waals surface area contributed by atoms with Crippen molar-refractivity contribution in [3.8, 4) is 11.3 Å². The van der Waals surface area contributed by atoms with Crippen LogP contribution >= 0.6 is 23.2 Å². The van der Waals surface area contributed by atoms with Crippen LogP contribution in [-0.4, -0.2) is 67.1 Å². The molecule has 10 heteroatoms. The molecule has 1 aromatic carbocycles. The Morgan fingerprint density at radius 3 is 2.71 bits per heavy atom. The molecule has 1 N–H and O–H groups in total. The number of methoxy groups -OCH3 is 1. The van der Waals surface area contributed by atoms with Gasteiger partial charge in [0.15, 0.2) is 6.29 Å². The number of nitrogens with zero attached hydrogens (tertiary/aromatic N) is 3. The van der Waals surface area contributed by atoms with Crippen LogP contribution < -0.4 is 0 Å². The number of rotatable bonds is 9. The number of carbonyl (C=O) groups is 1. The molecule has 1 aliphatic heterocycles. The van der Waals surface area contributed by atoms with Crippen molar-refractivity contribution in [3.63, 3.8) is 0 Å². The first-order chi connectivity index (χ1) is 14.6. The summed E-state index contributed by atoms with van der Waals surface area (Å²) in [4.78, 5) is 22.9. The zero-order valence-corrected chi connectivity index (χ0v) is 20.6. The van der Waals surface area contributed by atoms with E-state index in [0.717, 1.165) is 11.6 Å². The van der Waals surface area contributed by atoms with Crippen molar-refractivity contribution in [2.24, 2.45) is 0 Å². The highest BCUT2D eigenvalue weighted by atomic mass is 35.5. The first-order valence-corrected chi connectivity index (χ1v) is 14.5. The van der Waals surface area contributed by atoms with Crippen molar-refractivity contribution in [1.29, 1.82) is 0 Å². The summed E-state index contributed by atoms with van der Waals surface area (Å²) in [6.45, 7) is 7.90. The average molecular weight is 484 g/mol. The predicted molar refractivity (Wildman–Crippen MR) is 123 cm³/mol. The molecule has 0 saturated carbocycles. The van der Waals surface area contributed by atoms with E-state index in [4.69, 9.17) is 32.7 Å². The van der Waals surface area contributed by atoms with Crippen LogP contribution in [0.25, 0.3) is 11.3 Å². The van der Waals surface area contributed by atoms with E-state index in [-0.39, 0.29) is 23.8 Å². The van der Waals surface area contributed by atoms with Crippen molar-refractivity contribution in [3.05, 3.63) is 45.8 Å². The summed E-state index contributed by atoms with van der Waals surface area (Å²) >= 11 is 12.2. The van der Waals surface area contributed by atoms with Crippen LogP contribution in [0.15, 0.2) is 24.4 Å². The van der Waals surface area contributed by atoms with Gasteiger partial charge in [0, 0.05) is 32.9 Å². The molecule has 0 aliphatic carbocycles. The third kappa shape index (κ3) is 5.82. The highest BCUT2D eigenvalue weighted by molar-refractivity contribution is 6.76. The molecule has 2 unspecified atom stereocenters. The lowest BCUT2D eigenvalue weighted by atomic mass is 10.0. The Balaban J connectivity index is 1.89. The normalized spacial score (nSPS) is 17.2. The van der Waals surface area contributed by atoms with Gasteiger partial charge in [-0.3, -0.25) is 4.79 Å². The Labute approximate surface area is 193 Å². The molecule has 3 rings (SSSR count). The third-order valence-corrected chi connectivity index (χ3v) is 7.33. The van der Waals surface area contributed by atoms with Gasteiger partial charge < -0.3 is 19.5 Å². The summed E-state index contributed by atoms with van der Waals surface area (Å²) in [6, 6.07) is 6.19. The Morgan fingerprint density at radius 1 is 1.29 bits per heavy atom. The SMILES string of the molecule is COC(O)CN1C(=O)c2cc(-c3nc(Cl)ncc3Cl)ccc2C1COCC[Si](C)(C)C. The topological polar surface area (TPSA) is 84.8 Å². The van der Waals surface area contributed by atoms with Crippen LogP contribution in [0.1, 0.15) is 22.0 Å². The molecule has 2 heterocycles. The largest absolute Gasteiger partial charge is 0.379 e. The molecule has 1 aromatic heterocycles. The van der Waals surface area contributed by atoms with Crippen LogP contribution in [-0.2, 0) is 9.47 Å². The van der Waals surface area contributed by atoms with E-state index in [0.29, 0.717) is 35.1 Å². The lowest BCUT2D eigenvalue weighted by Crippen LogP contribution is -2.38. The summed E-state index contributed by atoms with van der Waals surface area (Å²) in [7, 11) is 0.176. The number of hydrogen-bond acceptors (Lipinski definition) is 6. The Kier molecular flexibility index (Phi) is 7.72. The van der Waals surface area contributed by atoms with Crippen LogP contribution in [0.4, 0.5) is 0 Å². The van der Waals surface area contributed by atoms with Gasteiger partial charge in [0.05, 0.1) is 36.1 Å². The standard InChI is InChI=1S/C21H27Cl2N3O4Si/c1-29-18(27)11-26-17(12-30-7-8-31(2,3)4)14-6-5-13(9-15(14)20(26)28)19-16(22)10-24-21(23)25-19/h5-6,9-10,17-18,27H,7-8,11-12H2,1-4H3. The summed E-state index contributed by atoms with van der Waals surface area (Å²) in [6.07, 6.45) is 0.342. The molecule has 1 aliphatic rings. The molecule has 0 saturated heterocycles. The molecular formula is C21H27Cl2N3O4Si. The van der Waals surface area contributed by atoms with Crippen molar-refractivity contribution in [2.75, 3.05) is 26.9 Å². The average Bonchev–Trinajstić information content (AvgIpc) is 2.97. The Hall–Kier alpha value is -1.55. The number of β-amino-alcohol motifs (C(OH)–C–C–N with tert-alkyl or cyclic N) is 1. The number of ether oxygens (including phenoxy) is 2. The number of benzene rings is 1. The van der Waals surface area contributed by atoms with Gasteiger partial charge in [-0.05, 0) is 29.3 Å². The molecule has 0 bridgehead atoms. The number of carbonyl (C=O) groups excluding carboxylic acids is 1. The van der Waals surface area contributed by atoms with Crippen molar-refractivity contribution >= 4 is 37.2 Å². The molecule has 2 atom stereocenters. The van der Waals surface area contributed by atoms with E-state index in [1.165, 1.54) is 13.3 Å². The van der Waals surface area contributed by atoms with E-state index in [1.54, 1.807) is 11.0 Å². The Bertz CT molecular complexity index is 955. The summed E-state index contributed by atoms with van der Waals surface area (Å²) in [5.41, 5.74) is 2.47. The minimum Gasteiger partial charge on any atom is -0.379 e. The molecule has 31 heavy (non-hydrogen) atoms. The number of aliphatic hydroxyl groups is 1. The molecule has 7 nitrogen and oxygen atoms in total. The summed E-state index contributed by atoms with van der Waals surface area (Å²) in [5, 5.41) is 10.4.